The van der Waals surface area contributed by atoms with Crippen LogP contribution in [-0.2, 0) is 11.2 Å². The van der Waals surface area contributed by atoms with Crippen LogP contribution in [0.2, 0.25) is 0 Å². The lowest BCUT2D eigenvalue weighted by atomic mass is 10.1. The van der Waals surface area contributed by atoms with Crippen LogP contribution in [-0.4, -0.2) is 22.1 Å². The second-order valence-electron chi connectivity index (χ2n) is 5.62. The van der Waals surface area contributed by atoms with E-state index >= 15 is 0 Å². The van der Waals surface area contributed by atoms with E-state index < -0.39 is 12.0 Å². The summed E-state index contributed by atoms with van der Waals surface area (Å²) in [4.78, 5) is 15.3. The van der Waals surface area contributed by atoms with E-state index in [9.17, 15) is 4.79 Å². The molecule has 0 saturated carbocycles. The Balaban J connectivity index is 1.71. The molecule has 3 N–H and O–H groups in total. The number of carbonyl (C=O) groups is 1. The van der Waals surface area contributed by atoms with E-state index in [0.717, 1.165) is 16.5 Å². The molecular formula is C18H14N2O4. The summed E-state index contributed by atoms with van der Waals surface area (Å²) in [6.07, 6.45) is 0.234. The standard InChI is InChI=1S/C18H14N2O4/c19-12(18(21)22)7-10-5-6-15-13(8-10)20-17(24-15)16-9-11-3-1-2-4-14(11)23-16/h1-6,8-9,12H,7,19H2,(H,21,22). The number of para-hydroxylation sites is 1. The Hall–Kier alpha value is -3.12. The molecule has 0 bridgehead atoms. The van der Waals surface area contributed by atoms with Gasteiger partial charge in [0, 0.05) is 5.39 Å². The number of fused-ring (bicyclic) bond motifs is 2. The highest BCUT2D eigenvalue weighted by Gasteiger charge is 2.16. The quantitative estimate of drug-likeness (QED) is 0.598. The number of aromatic nitrogens is 1. The fourth-order valence-corrected chi connectivity index (χ4v) is 2.63. The summed E-state index contributed by atoms with van der Waals surface area (Å²) in [6.45, 7) is 0. The van der Waals surface area contributed by atoms with Crippen molar-refractivity contribution in [1.82, 2.24) is 4.98 Å². The number of hydrogen-bond acceptors (Lipinski definition) is 5. The van der Waals surface area contributed by atoms with Crippen molar-refractivity contribution in [3.05, 3.63) is 54.1 Å². The Morgan fingerprint density at radius 1 is 1.12 bits per heavy atom. The summed E-state index contributed by atoms with van der Waals surface area (Å²) in [6, 6.07) is 13.9. The number of oxazole rings is 1. The topological polar surface area (TPSA) is 102 Å². The third-order valence-corrected chi connectivity index (χ3v) is 3.86. The van der Waals surface area contributed by atoms with Gasteiger partial charge >= 0.3 is 5.97 Å². The van der Waals surface area contributed by atoms with Crippen LogP contribution in [0, 0.1) is 0 Å². The number of carboxylic acid groups (broad SMARTS) is 1. The summed E-state index contributed by atoms with van der Waals surface area (Å²) in [5.74, 6) is -0.0877. The first-order chi connectivity index (χ1) is 11.6. The number of nitrogens with two attached hydrogens (primary N) is 1. The first-order valence-corrected chi connectivity index (χ1v) is 7.47. The summed E-state index contributed by atoms with van der Waals surface area (Å²) >= 11 is 0. The second kappa shape index (κ2) is 5.50. The molecule has 6 heteroatoms. The molecule has 4 aromatic rings. The van der Waals surface area contributed by atoms with Crippen LogP contribution in [0.5, 0.6) is 0 Å². The van der Waals surface area contributed by atoms with Crippen LogP contribution >= 0.6 is 0 Å². The normalized spacial score (nSPS) is 12.7. The van der Waals surface area contributed by atoms with Gasteiger partial charge in [-0.05, 0) is 36.2 Å². The minimum Gasteiger partial charge on any atom is -0.480 e. The lowest BCUT2D eigenvalue weighted by Gasteiger charge is -2.05. The van der Waals surface area contributed by atoms with Gasteiger partial charge in [0.05, 0.1) is 0 Å². The molecule has 0 aliphatic heterocycles. The van der Waals surface area contributed by atoms with E-state index in [-0.39, 0.29) is 6.42 Å². The van der Waals surface area contributed by atoms with Crippen LogP contribution in [0.15, 0.2) is 57.4 Å². The van der Waals surface area contributed by atoms with E-state index in [1.165, 1.54) is 0 Å². The van der Waals surface area contributed by atoms with Crippen LogP contribution in [0.1, 0.15) is 5.56 Å². The average molecular weight is 322 g/mol. The lowest BCUT2D eigenvalue weighted by molar-refractivity contribution is -0.138. The summed E-state index contributed by atoms with van der Waals surface area (Å²) < 4.78 is 11.5. The minimum atomic E-state index is -1.03. The average Bonchev–Trinajstić information content (AvgIpc) is 3.17. The molecule has 2 heterocycles. The third-order valence-electron chi connectivity index (χ3n) is 3.86. The van der Waals surface area contributed by atoms with E-state index in [1.807, 2.05) is 30.3 Å². The molecule has 0 aliphatic carbocycles. The van der Waals surface area contributed by atoms with Gasteiger partial charge in [0.25, 0.3) is 5.89 Å². The Kier molecular flexibility index (Phi) is 3.32. The molecule has 0 amide bonds. The molecule has 1 atom stereocenters. The van der Waals surface area contributed by atoms with Gasteiger partial charge in [-0.15, -0.1) is 0 Å². The van der Waals surface area contributed by atoms with Gasteiger partial charge in [-0.3, -0.25) is 4.79 Å². The molecule has 2 aromatic heterocycles. The Morgan fingerprint density at radius 2 is 1.96 bits per heavy atom. The zero-order valence-corrected chi connectivity index (χ0v) is 12.6. The number of carboxylic acids is 1. The van der Waals surface area contributed by atoms with Crippen molar-refractivity contribution in [3.63, 3.8) is 0 Å². The molecule has 24 heavy (non-hydrogen) atoms. The molecule has 120 valence electrons. The monoisotopic (exact) mass is 322 g/mol. The summed E-state index contributed by atoms with van der Waals surface area (Å²) in [5, 5.41) is 9.88. The van der Waals surface area contributed by atoms with Crippen molar-refractivity contribution in [1.29, 1.82) is 0 Å². The summed E-state index contributed by atoms with van der Waals surface area (Å²) in [5.41, 5.74) is 8.38. The maximum Gasteiger partial charge on any atom is 0.320 e. The van der Waals surface area contributed by atoms with Gasteiger partial charge in [0.1, 0.15) is 17.1 Å². The number of benzene rings is 2. The van der Waals surface area contributed by atoms with Gasteiger partial charge < -0.3 is 19.7 Å². The van der Waals surface area contributed by atoms with Crippen molar-refractivity contribution in [2.75, 3.05) is 0 Å². The Morgan fingerprint density at radius 3 is 2.75 bits per heavy atom. The van der Waals surface area contributed by atoms with Crippen molar-refractivity contribution in [2.45, 2.75) is 12.5 Å². The van der Waals surface area contributed by atoms with Crippen LogP contribution in [0.4, 0.5) is 0 Å². The molecule has 0 fully saturated rings. The maximum atomic E-state index is 10.9. The number of furan rings is 1. The Labute approximate surface area is 136 Å². The minimum absolute atomic E-state index is 0.234. The highest BCUT2D eigenvalue weighted by molar-refractivity contribution is 5.83. The van der Waals surface area contributed by atoms with Crippen molar-refractivity contribution < 1.29 is 18.7 Å². The van der Waals surface area contributed by atoms with E-state index in [2.05, 4.69) is 4.98 Å². The molecule has 0 spiro atoms. The van der Waals surface area contributed by atoms with Gasteiger partial charge in [-0.1, -0.05) is 24.3 Å². The molecule has 0 radical (unpaired) electrons. The molecule has 0 saturated heterocycles. The first kappa shape index (κ1) is 14.5. The fraction of sp³-hybridized carbons (Fsp3) is 0.111. The SMILES string of the molecule is NC(Cc1ccc2oc(-c3cc4ccccc4o3)nc2c1)C(=O)O. The molecule has 2 aromatic carbocycles. The molecule has 0 aliphatic rings. The van der Waals surface area contributed by atoms with Crippen LogP contribution < -0.4 is 5.73 Å². The fourth-order valence-electron chi connectivity index (χ4n) is 2.63. The lowest BCUT2D eigenvalue weighted by Crippen LogP contribution is -2.32. The number of aliphatic carboxylic acids is 1. The molecule has 1 unspecified atom stereocenters. The predicted molar refractivity (Wildman–Crippen MR) is 88.5 cm³/mol. The highest BCUT2D eigenvalue weighted by Crippen LogP contribution is 2.30. The zero-order valence-electron chi connectivity index (χ0n) is 12.6. The largest absolute Gasteiger partial charge is 0.480 e. The van der Waals surface area contributed by atoms with E-state index in [4.69, 9.17) is 19.7 Å². The number of nitrogens with zero attached hydrogens (tertiary/aromatic N) is 1. The van der Waals surface area contributed by atoms with Gasteiger partial charge in [-0.25, -0.2) is 4.98 Å². The number of hydrogen-bond donors (Lipinski definition) is 2. The maximum absolute atomic E-state index is 10.9. The number of rotatable bonds is 4. The molecular weight excluding hydrogens is 308 g/mol. The smallest absolute Gasteiger partial charge is 0.320 e. The summed E-state index contributed by atoms with van der Waals surface area (Å²) in [7, 11) is 0. The zero-order chi connectivity index (χ0) is 16.7. The van der Waals surface area contributed by atoms with Gasteiger partial charge in [-0.2, -0.15) is 0 Å². The first-order valence-electron chi connectivity index (χ1n) is 7.47. The highest BCUT2D eigenvalue weighted by atomic mass is 16.4. The molecule has 6 nitrogen and oxygen atoms in total. The van der Waals surface area contributed by atoms with Crippen LogP contribution in [0.3, 0.4) is 0 Å². The second-order valence-corrected chi connectivity index (χ2v) is 5.62. The van der Waals surface area contributed by atoms with Crippen molar-refractivity contribution in [3.8, 4) is 11.7 Å². The van der Waals surface area contributed by atoms with Crippen molar-refractivity contribution in [2.24, 2.45) is 5.73 Å². The predicted octanol–water partition coefficient (Wildman–Crippen LogP) is 3.20. The Bertz CT molecular complexity index is 1010. The van der Waals surface area contributed by atoms with Crippen LogP contribution in [0.25, 0.3) is 33.7 Å². The van der Waals surface area contributed by atoms with E-state index in [0.29, 0.717) is 22.8 Å². The third kappa shape index (κ3) is 2.53. The van der Waals surface area contributed by atoms with E-state index in [1.54, 1.807) is 18.2 Å². The van der Waals surface area contributed by atoms with Gasteiger partial charge in [0.15, 0.2) is 11.3 Å². The van der Waals surface area contributed by atoms with Crippen molar-refractivity contribution >= 4 is 28.0 Å². The van der Waals surface area contributed by atoms with Gasteiger partial charge in [0.2, 0.25) is 0 Å². The molecule has 4 rings (SSSR count).